The molecule has 2 atom stereocenters. The first kappa shape index (κ1) is 14.3. The Balaban J connectivity index is 2.06. The van der Waals surface area contributed by atoms with E-state index in [0.717, 1.165) is 12.1 Å². The lowest BCUT2D eigenvalue weighted by molar-refractivity contribution is 0.188. The normalized spacial score (nSPS) is 22.9. The first-order valence-corrected chi connectivity index (χ1v) is 7.91. The molecule has 0 bridgehead atoms. The summed E-state index contributed by atoms with van der Waals surface area (Å²) in [5.74, 6) is 2.70. The van der Waals surface area contributed by atoms with Crippen LogP contribution in [0.15, 0.2) is 0 Å². The second kappa shape index (κ2) is 8.37. The molecule has 0 aliphatic carbocycles. The van der Waals surface area contributed by atoms with E-state index in [1.807, 2.05) is 0 Å². The highest BCUT2D eigenvalue weighted by Crippen LogP contribution is 2.23. The van der Waals surface area contributed by atoms with Gasteiger partial charge in [-0.3, -0.25) is 4.90 Å². The molecule has 0 amide bonds. The summed E-state index contributed by atoms with van der Waals surface area (Å²) in [7, 11) is 2.31. The van der Waals surface area contributed by atoms with Crippen molar-refractivity contribution in [1.82, 2.24) is 10.2 Å². The number of hydrogen-bond acceptors (Lipinski definition) is 3. The Morgan fingerprint density at radius 3 is 2.88 bits per heavy atom. The predicted molar refractivity (Wildman–Crippen MR) is 75.3 cm³/mol. The van der Waals surface area contributed by atoms with Crippen LogP contribution in [0.2, 0.25) is 0 Å². The third-order valence-corrected chi connectivity index (χ3v) is 4.72. The van der Waals surface area contributed by atoms with E-state index in [2.05, 4.69) is 42.9 Å². The van der Waals surface area contributed by atoms with E-state index in [0.29, 0.717) is 0 Å². The Kier molecular flexibility index (Phi) is 7.50. The highest BCUT2D eigenvalue weighted by atomic mass is 32.2. The topological polar surface area (TPSA) is 15.3 Å². The Morgan fingerprint density at radius 2 is 2.25 bits per heavy atom. The molecule has 3 heteroatoms. The van der Waals surface area contributed by atoms with Crippen molar-refractivity contribution in [3.8, 4) is 0 Å². The van der Waals surface area contributed by atoms with Gasteiger partial charge in [0.2, 0.25) is 0 Å². The fourth-order valence-corrected chi connectivity index (χ4v) is 3.51. The number of hydrogen-bond donors (Lipinski definition) is 1. The highest BCUT2D eigenvalue weighted by Gasteiger charge is 2.22. The molecule has 1 saturated heterocycles. The van der Waals surface area contributed by atoms with Crippen molar-refractivity contribution in [3.63, 3.8) is 0 Å². The minimum absolute atomic E-state index is 0.743. The van der Waals surface area contributed by atoms with Crippen LogP contribution in [-0.4, -0.2) is 48.6 Å². The molecule has 96 valence electrons. The lowest BCUT2D eigenvalue weighted by Gasteiger charge is -2.30. The average molecular weight is 244 g/mol. The lowest BCUT2D eigenvalue weighted by atomic mass is 10.1. The Morgan fingerprint density at radius 1 is 1.44 bits per heavy atom. The second-order valence-electron chi connectivity index (χ2n) is 4.92. The van der Waals surface area contributed by atoms with E-state index in [1.165, 1.54) is 50.3 Å². The van der Waals surface area contributed by atoms with Gasteiger partial charge in [0.1, 0.15) is 0 Å². The van der Waals surface area contributed by atoms with Crippen LogP contribution in [0.25, 0.3) is 0 Å². The van der Waals surface area contributed by atoms with Gasteiger partial charge in [0.25, 0.3) is 0 Å². The summed E-state index contributed by atoms with van der Waals surface area (Å²) in [4.78, 5) is 2.60. The lowest BCUT2D eigenvalue weighted by Crippen LogP contribution is -2.38. The maximum absolute atomic E-state index is 3.48. The van der Waals surface area contributed by atoms with E-state index in [4.69, 9.17) is 0 Å². The molecule has 1 rings (SSSR count). The maximum Gasteiger partial charge on any atom is 0.0194 e. The molecular weight excluding hydrogens is 216 g/mol. The van der Waals surface area contributed by atoms with Crippen LogP contribution >= 0.6 is 11.8 Å². The van der Waals surface area contributed by atoms with Crippen LogP contribution in [0.4, 0.5) is 0 Å². The van der Waals surface area contributed by atoms with Gasteiger partial charge in [0, 0.05) is 17.8 Å². The average Bonchev–Trinajstić information content (AvgIpc) is 2.81. The van der Waals surface area contributed by atoms with Crippen LogP contribution in [-0.2, 0) is 0 Å². The SMILES string of the molecule is CCCNCCCC(C)N(C)C1CCSC1. The molecule has 2 nitrogen and oxygen atoms in total. The summed E-state index contributed by atoms with van der Waals surface area (Å²) in [6.45, 7) is 6.96. The molecule has 0 aromatic rings. The minimum Gasteiger partial charge on any atom is -0.317 e. The van der Waals surface area contributed by atoms with Gasteiger partial charge in [0.05, 0.1) is 0 Å². The van der Waals surface area contributed by atoms with Crippen molar-refractivity contribution in [2.24, 2.45) is 0 Å². The third-order valence-electron chi connectivity index (χ3n) is 3.58. The van der Waals surface area contributed by atoms with Gasteiger partial charge in [0.15, 0.2) is 0 Å². The number of nitrogens with one attached hydrogen (secondary N) is 1. The molecule has 0 aromatic heterocycles. The zero-order chi connectivity index (χ0) is 11.8. The molecule has 0 saturated carbocycles. The standard InChI is InChI=1S/C13H28N2S/c1-4-8-14-9-5-6-12(2)15(3)13-7-10-16-11-13/h12-14H,4-11H2,1-3H3. The molecule has 1 fully saturated rings. The number of nitrogens with zero attached hydrogens (tertiary/aromatic N) is 1. The summed E-state index contributed by atoms with van der Waals surface area (Å²) in [6.07, 6.45) is 5.27. The smallest absolute Gasteiger partial charge is 0.0194 e. The van der Waals surface area contributed by atoms with Crippen LogP contribution in [0, 0.1) is 0 Å². The summed E-state index contributed by atoms with van der Waals surface area (Å²) in [5, 5.41) is 3.48. The van der Waals surface area contributed by atoms with Crippen molar-refractivity contribution >= 4 is 11.8 Å². The Labute approximate surface area is 106 Å². The molecule has 0 radical (unpaired) electrons. The monoisotopic (exact) mass is 244 g/mol. The molecule has 1 aliphatic heterocycles. The zero-order valence-electron chi connectivity index (χ0n) is 11.2. The van der Waals surface area contributed by atoms with Gasteiger partial charge in [-0.2, -0.15) is 11.8 Å². The molecule has 1 N–H and O–H groups in total. The molecule has 2 unspecified atom stereocenters. The number of thioether (sulfide) groups is 1. The van der Waals surface area contributed by atoms with Crippen LogP contribution in [0.3, 0.4) is 0 Å². The summed E-state index contributed by atoms with van der Waals surface area (Å²) in [5.41, 5.74) is 0. The maximum atomic E-state index is 3.48. The van der Waals surface area contributed by atoms with Crippen molar-refractivity contribution in [2.75, 3.05) is 31.6 Å². The molecule has 0 spiro atoms. The van der Waals surface area contributed by atoms with Gasteiger partial charge >= 0.3 is 0 Å². The summed E-state index contributed by atoms with van der Waals surface area (Å²) < 4.78 is 0. The van der Waals surface area contributed by atoms with Crippen molar-refractivity contribution in [2.45, 2.75) is 51.6 Å². The highest BCUT2D eigenvalue weighted by molar-refractivity contribution is 7.99. The van der Waals surface area contributed by atoms with Gasteiger partial charge in [-0.1, -0.05) is 6.92 Å². The molecule has 1 heterocycles. The van der Waals surface area contributed by atoms with Crippen LogP contribution in [0.5, 0.6) is 0 Å². The third kappa shape index (κ3) is 5.07. The zero-order valence-corrected chi connectivity index (χ0v) is 12.0. The van der Waals surface area contributed by atoms with Gasteiger partial charge in [-0.15, -0.1) is 0 Å². The largest absolute Gasteiger partial charge is 0.317 e. The fourth-order valence-electron chi connectivity index (χ4n) is 2.23. The predicted octanol–water partition coefficient (Wildman–Crippen LogP) is 2.59. The minimum atomic E-state index is 0.743. The van der Waals surface area contributed by atoms with E-state index in [9.17, 15) is 0 Å². The number of rotatable bonds is 8. The van der Waals surface area contributed by atoms with Crippen LogP contribution < -0.4 is 5.32 Å². The molecule has 0 aromatic carbocycles. The quantitative estimate of drug-likeness (QED) is 0.661. The van der Waals surface area contributed by atoms with Gasteiger partial charge < -0.3 is 5.32 Å². The molecule has 1 aliphatic rings. The molecular formula is C13H28N2S. The first-order valence-electron chi connectivity index (χ1n) is 6.76. The first-order chi connectivity index (χ1) is 7.75. The van der Waals surface area contributed by atoms with Crippen molar-refractivity contribution in [3.05, 3.63) is 0 Å². The van der Waals surface area contributed by atoms with Crippen LogP contribution in [0.1, 0.15) is 39.5 Å². The van der Waals surface area contributed by atoms with E-state index in [1.54, 1.807) is 0 Å². The Bertz CT molecular complexity index is 169. The summed E-state index contributed by atoms with van der Waals surface area (Å²) >= 11 is 2.11. The van der Waals surface area contributed by atoms with Crippen molar-refractivity contribution in [1.29, 1.82) is 0 Å². The van der Waals surface area contributed by atoms with Gasteiger partial charge in [-0.05, 0) is 58.5 Å². The van der Waals surface area contributed by atoms with E-state index >= 15 is 0 Å². The van der Waals surface area contributed by atoms with E-state index < -0.39 is 0 Å². The molecule has 16 heavy (non-hydrogen) atoms. The van der Waals surface area contributed by atoms with Gasteiger partial charge in [-0.25, -0.2) is 0 Å². The van der Waals surface area contributed by atoms with Crippen molar-refractivity contribution < 1.29 is 0 Å². The Hall–Kier alpha value is 0.270. The summed E-state index contributed by atoms with van der Waals surface area (Å²) in [6, 6.07) is 1.58. The second-order valence-corrected chi connectivity index (χ2v) is 6.07. The fraction of sp³-hybridized carbons (Fsp3) is 1.00. The van der Waals surface area contributed by atoms with E-state index in [-0.39, 0.29) is 0 Å².